The minimum absolute atomic E-state index is 0.471. The number of hydrogen-bond acceptors (Lipinski definition) is 3. The molecule has 4 nitrogen and oxygen atoms in total. The van der Waals surface area contributed by atoms with Gasteiger partial charge in [-0.05, 0) is 49.7 Å². The van der Waals surface area contributed by atoms with Gasteiger partial charge in [0.25, 0.3) is 0 Å². The second-order valence-electron chi connectivity index (χ2n) is 6.10. The number of nitrogens with zero attached hydrogens (tertiary/aromatic N) is 1. The van der Waals surface area contributed by atoms with Crippen LogP contribution in [0.2, 0.25) is 0 Å². The molecule has 0 spiro atoms. The first-order valence-electron chi connectivity index (χ1n) is 8.20. The molecule has 1 atom stereocenters. The van der Waals surface area contributed by atoms with Crippen LogP contribution in [0.15, 0.2) is 48.5 Å². The van der Waals surface area contributed by atoms with Gasteiger partial charge in [-0.3, -0.25) is 0 Å². The van der Waals surface area contributed by atoms with Gasteiger partial charge in [0, 0.05) is 28.8 Å². The highest BCUT2D eigenvalue weighted by Gasteiger charge is 2.13. The predicted molar refractivity (Wildman–Crippen MR) is 98.9 cm³/mol. The van der Waals surface area contributed by atoms with Crippen LogP contribution < -0.4 is 10.1 Å². The van der Waals surface area contributed by atoms with E-state index in [0.29, 0.717) is 13.1 Å². The largest absolute Gasteiger partial charge is 0.497 e. The zero-order valence-electron chi connectivity index (χ0n) is 14.4. The summed E-state index contributed by atoms with van der Waals surface area (Å²) in [4.78, 5) is 0. The molecule has 0 aliphatic rings. The van der Waals surface area contributed by atoms with E-state index >= 15 is 0 Å². The second-order valence-corrected chi connectivity index (χ2v) is 6.10. The summed E-state index contributed by atoms with van der Waals surface area (Å²) < 4.78 is 7.35. The fourth-order valence-electron chi connectivity index (χ4n) is 3.06. The monoisotopic (exact) mass is 324 g/mol. The number of fused-ring (bicyclic) bond motifs is 1. The molecular formula is C20H24N2O2. The number of para-hydroxylation sites is 1. The van der Waals surface area contributed by atoms with Gasteiger partial charge in [0.2, 0.25) is 0 Å². The molecule has 1 aromatic heterocycles. The van der Waals surface area contributed by atoms with Gasteiger partial charge in [-0.2, -0.15) is 0 Å². The van der Waals surface area contributed by atoms with Crippen molar-refractivity contribution in [1.29, 1.82) is 0 Å². The summed E-state index contributed by atoms with van der Waals surface area (Å²) in [5.41, 5.74) is 4.64. The third-order valence-corrected chi connectivity index (χ3v) is 4.57. The molecule has 3 rings (SSSR count). The summed E-state index contributed by atoms with van der Waals surface area (Å²) >= 11 is 0. The molecule has 4 heteroatoms. The van der Waals surface area contributed by atoms with Gasteiger partial charge in [0.15, 0.2) is 0 Å². The molecule has 2 N–H and O–H groups in total. The van der Waals surface area contributed by atoms with Crippen LogP contribution in [0.5, 0.6) is 5.75 Å². The number of rotatable bonds is 6. The van der Waals surface area contributed by atoms with Crippen LogP contribution in [0.4, 0.5) is 5.69 Å². The highest BCUT2D eigenvalue weighted by atomic mass is 16.5. The normalized spacial score (nSPS) is 12.3. The molecule has 1 heterocycles. The number of aromatic nitrogens is 1. The molecule has 0 saturated carbocycles. The van der Waals surface area contributed by atoms with E-state index in [1.54, 1.807) is 7.11 Å². The predicted octanol–water partition coefficient (Wildman–Crippen LogP) is 3.74. The summed E-state index contributed by atoms with van der Waals surface area (Å²) in [6.45, 7) is 5.32. The lowest BCUT2D eigenvalue weighted by Gasteiger charge is -2.16. The number of hydrogen-bond donors (Lipinski definition) is 2. The number of methoxy groups -OCH3 is 1. The molecule has 0 aliphatic carbocycles. The highest BCUT2D eigenvalue weighted by Crippen LogP contribution is 2.25. The van der Waals surface area contributed by atoms with Crippen LogP contribution in [0.3, 0.4) is 0 Å². The molecule has 3 aromatic rings. The lowest BCUT2D eigenvalue weighted by molar-refractivity contribution is 0.167. The third-order valence-electron chi connectivity index (χ3n) is 4.57. The quantitative estimate of drug-likeness (QED) is 0.726. The first kappa shape index (κ1) is 16.4. The van der Waals surface area contributed by atoms with Crippen molar-refractivity contribution in [2.75, 3.05) is 19.0 Å². The first-order valence-corrected chi connectivity index (χ1v) is 8.20. The Morgan fingerprint density at radius 2 is 1.79 bits per heavy atom. The Labute approximate surface area is 142 Å². The number of benzene rings is 2. The van der Waals surface area contributed by atoms with Crippen molar-refractivity contribution >= 4 is 16.6 Å². The number of aryl methyl sites for hydroxylation is 1. The molecular weight excluding hydrogens is 300 g/mol. The fourth-order valence-corrected chi connectivity index (χ4v) is 3.06. The maximum atomic E-state index is 10.4. The van der Waals surface area contributed by atoms with Gasteiger partial charge in [-0.1, -0.05) is 18.2 Å². The highest BCUT2D eigenvalue weighted by molar-refractivity contribution is 5.85. The zero-order valence-corrected chi connectivity index (χ0v) is 14.4. The van der Waals surface area contributed by atoms with E-state index in [1.807, 2.05) is 30.3 Å². The number of aliphatic hydroxyl groups excluding tert-OH is 1. The molecule has 0 unspecified atom stereocenters. The standard InChI is InChI=1S/C20H24N2O2/c1-14-15(2)22(20-7-5-4-6-19(14)20)13-17(23)12-21-16-8-10-18(24-3)11-9-16/h4-11,17,21,23H,12-13H2,1-3H3/t17-/m1/s1. The van der Waals surface area contributed by atoms with E-state index in [0.717, 1.165) is 11.4 Å². The molecule has 0 radical (unpaired) electrons. The van der Waals surface area contributed by atoms with Crippen molar-refractivity contribution in [3.8, 4) is 5.75 Å². The molecule has 126 valence electrons. The number of aliphatic hydroxyl groups is 1. The van der Waals surface area contributed by atoms with Crippen molar-refractivity contribution in [1.82, 2.24) is 4.57 Å². The summed E-state index contributed by atoms with van der Waals surface area (Å²) in [6, 6.07) is 16.1. The zero-order chi connectivity index (χ0) is 17.1. The SMILES string of the molecule is COc1ccc(NC[C@@H](O)Cn2c(C)c(C)c3ccccc32)cc1. The van der Waals surface area contributed by atoms with Crippen molar-refractivity contribution in [3.63, 3.8) is 0 Å². The summed E-state index contributed by atoms with van der Waals surface area (Å²) in [6.07, 6.45) is -0.471. The molecule has 24 heavy (non-hydrogen) atoms. The smallest absolute Gasteiger partial charge is 0.119 e. The van der Waals surface area contributed by atoms with Crippen LogP contribution in [-0.2, 0) is 6.54 Å². The Kier molecular flexibility index (Phi) is 4.76. The van der Waals surface area contributed by atoms with E-state index < -0.39 is 6.10 Å². The van der Waals surface area contributed by atoms with E-state index in [1.165, 1.54) is 22.2 Å². The lowest BCUT2D eigenvalue weighted by Crippen LogP contribution is -2.25. The summed E-state index contributed by atoms with van der Waals surface area (Å²) in [7, 11) is 1.65. The van der Waals surface area contributed by atoms with E-state index in [9.17, 15) is 5.11 Å². The Morgan fingerprint density at radius 3 is 2.50 bits per heavy atom. The molecule has 0 amide bonds. The molecule has 2 aromatic carbocycles. The Hall–Kier alpha value is -2.46. The van der Waals surface area contributed by atoms with Gasteiger partial charge >= 0.3 is 0 Å². The molecule has 0 bridgehead atoms. The van der Waals surface area contributed by atoms with Gasteiger partial charge in [-0.25, -0.2) is 0 Å². The average molecular weight is 324 g/mol. The van der Waals surface area contributed by atoms with E-state index in [4.69, 9.17) is 4.74 Å². The van der Waals surface area contributed by atoms with Crippen LogP contribution in [0.1, 0.15) is 11.3 Å². The minimum atomic E-state index is -0.471. The minimum Gasteiger partial charge on any atom is -0.497 e. The molecule has 0 saturated heterocycles. The Morgan fingerprint density at radius 1 is 1.08 bits per heavy atom. The number of nitrogens with one attached hydrogen (secondary N) is 1. The topological polar surface area (TPSA) is 46.4 Å². The van der Waals surface area contributed by atoms with Gasteiger partial charge in [-0.15, -0.1) is 0 Å². The van der Waals surface area contributed by atoms with Crippen molar-refractivity contribution in [2.45, 2.75) is 26.5 Å². The van der Waals surface area contributed by atoms with Crippen LogP contribution in [0, 0.1) is 13.8 Å². The van der Waals surface area contributed by atoms with Crippen molar-refractivity contribution in [3.05, 3.63) is 59.8 Å². The number of anilines is 1. The van der Waals surface area contributed by atoms with Gasteiger partial charge in [0.1, 0.15) is 5.75 Å². The maximum absolute atomic E-state index is 10.4. The average Bonchev–Trinajstić information content (AvgIpc) is 2.86. The van der Waals surface area contributed by atoms with E-state index in [2.05, 4.69) is 41.9 Å². The van der Waals surface area contributed by atoms with E-state index in [-0.39, 0.29) is 0 Å². The van der Waals surface area contributed by atoms with Crippen molar-refractivity contribution < 1.29 is 9.84 Å². The molecule has 0 fully saturated rings. The van der Waals surface area contributed by atoms with Crippen LogP contribution >= 0.6 is 0 Å². The summed E-state index contributed by atoms with van der Waals surface area (Å²) in [5, 5.41) is 15.0. The van der Waals surface area contributed by atoms with Gasteiger partial charge in [0.05, 0.1) is 19.8 Å². The lowest BCUT2D eigenvalue weighted by atomic mass is 10.2. The number of ether oxygens (including phenoxy) is 1. The maximum Gasteiger partial charge on any atom is 0.119 e. The molecule has 0 aliphatic heterocycles. The van der Waals surface area contributed by atoms with Gasteiger partial charge < -0.3 is 19.7 Å². The Balaban J connectivity index is 1.68. The van der Waals surface area contributed by atoms with Crippen molar-refractivity contribution in [2.24, 2.45) is 0 Å². The van der Waals surface area contributed by atoms with Crippen LogP contribution in [-0.4, -0.2) is 29.4 Å². The fraction of sp³-hybridized carbons (Fsp3) is 0.300. The first-order chi connectivity index (χ1) is 11.6. The third kappa shape index (κ3) is 3.24. The Bertz CT molecular complexity index is 822. The van der Waals surface area contributed by atoms with Crippen LogP contribution in [0.25, 0.3) is 10.9 Å². The summed E-state index contributed by atoms with van der Waals surface area (Å²) in [5.74, 6) is 0.825. The second kappa shape index (κ2) is 6.97.